The third-order valence-electron chi connectivity index (χ3n) is 3.01. The lowest BCUT2D eigenvalue weighted by Gasteiger charge is -2.26. The quantitative estimate of drug-likeness (QED) is 0.669. The van der Waals surface area contributed by atoms with Crippen LogP contribution in [0.25, 0.3) is 0 Å². The van der Waals surface area contributed by atoms with Crippen LogP contribution in [-0.4, -0.2) is 35.5 Å². The van der Waals surface area contributed by atoms with Gasteiger partial charge in [-0.2, -0.15) is 5.10 Å². The number of sulfonamides is 1. The predicted molar refractivity (Wildman–Crippen MR) is 73.0 cm³/mol. The monoisotopic (exact) mass is 290 g/mol. The van der Waals surface area contributed by atoms with Crippen molar-refractivity contribution in [2.45, 2.75) is 50.6 Å². The molecule has 0 radical (unpaired) electrons. The van der Waals surface area contributed by atoms with Gasteiger partial charge in [-0.1, -0.05) is 13.8 Å². The summed E-state index contributed by atoms with van der Waals surface area (Å²) in [5.41, 5.74) is 4.74. The lowest BCUT2D eigenvalue weighted by Crippen LogP contribution is -2.48. The van der Waals surface area contributed by atoms with E-state index in [1.807, 2.05) is 6.92 Å². The Morgan fingerprint density at radius 1 is 1.53 bits per heavy atom. The van der Waals surface area contributed by atoms with Gasteiger partial charge in [-0.3, -0.25) is 4.68 Å². The fraction of sp³-hybridized carbons (Fsp3) is 0.727. The van der Waals surface area contributed by atoms with Crippen molar-refractivity contribution in [1.82, 2.24) is 14.5 Å². The maximum absolute atomic E-state index is 12.2. The number of aliphatic hydroxyl groups excluding tert-OH is 1. The fourth-order valence-electron chi connectivity index (χ4n) is 1.56. The largest absolute Gasteiger partial charge is 0.394 e. The molecule has 0 saturated heterocycles. The Labute approximate surface area is 113 Å². The summed E-state index contributed by atoms with van der Waals surface area (Å²) in [6.45, 7) is 5.71. The number of anilines is 1. The molecule has 1 unspecified atom stereocenters. The number of nitrogens with two attached hydrogens (primary N) is 1. The number of hydrogen-bond donors (Lipinski definition) is 3. The average Bonchev–Trinajstić information content (AvgIpc) is 2.71. The van der Waals surface area contributed by atoms with E-state index in [0.717, 1.165) is 6.42 Å². The minimum absolute atomic E-state index is 0.0302. The number of rotatable bonds is 7. The van der Waals surface area contributed by atoms with Crippen LogP contribution in [0.15, 0.2) is 11.1 Å². The fourth-order valence-corrected chi connectivity index (χ4v) is 3.11. The summed E-state index contributed by atoms with van der Waals surface area (Å²) in [7, 11) is -3.79. The van der Waals surface area contributed by atoms with E-state index in [4.69, 9.17) is 5.73 Å². The van der Waals surface area contributed by atoms with E-state index in [2.05, 4.69) is 9.82 Å². The zero-order chi connectivity index (χ0) is 14.7. The summed E-state index contributed by atoms with van der Waals surface area (Å²) in [6.07, 6.45) is 2.71. The lowest BCUT2D eigenvalue weighted by atomic mass is 10.0. The molecule has 0 aliphatic rings. The molecule has 19 heavy (non-hydrogen) atoms. The number of aromatic nitrogens is 2. The molecule has 110 valence electrons. The molecule has 1 heterocycles. The molecule has 0 aromatic carbocycles. The average molecular weight is 290 g/mol. The molecule has 0 saturated carbocycles. The molecule has 0 amide bonds. The predicted octanol–water partition coefficient (Wildman–Crippen LogP) is 0.315. The third-order valence-corrected chi connectivity index (χ3v) is 4.66. The van der Waals surface area contributed by atoms with Crippen molar-refractivity contribution >= 4 is 15.8 Å². The van der Waals surface area contributed by atoms with Crippen LogP contribution in [0.1, 0.15) is 33.6 Å². The number of aryl methyl sites for hydroxylation is 1. The number of aliphatic hydroxyl groups is 1. The SMILES string of the molecule is CCCn1cc(S(=O)(=O)NC(C)(CC)CO)c(N)n1. The third kappa shape index (κ3) is 3.68. The maximum Gasteiger partial charge on any atom is 0.246 e. The van der Waals surface area contributed by atoms with Crippen LogP contribution in [0.4, 0.5) is 5.82 Å². The number of hydrogen-bond acceptors (Lipinski definition) is 5. The second-order valence-corrected chi connectivity index (χ2v) is 6.47. The zero-order valence-corrected chi connectivity index (χ0v) is 12.4. The van der Waals surface area contributed by atoms with Gasteiger partial charge in [-0.15, -0.1) is 0 Å². The van der Waals surface area contributed by atoms with Gasteiger partial charge in [0.25, 0.3) is 0 Å². The molecule has 0 bridgehead atoms. The van der Waals surface area contributed by atoms with Crippen molar-refractivity contribution in [3.63, 3.8) is 0 Å². The highest BCUT2D eigenvalue weighted by Gasteiger charge is 2.30. The summed E-state index contributed by atoms with van der Waals surface area (Å²) in [4.78, 5) is -0.0472. The van der Waals surface area contributed by atoms with Gasteiger partial charge >= 0.3 is 0 Å². The second-order valence-electron chi connectivity index (χ2n) is 4.82. The molecule has 4 N–H and O–H groups in total. The van der Waals surface area contributed by atoms with Crippen LogP contribution in [-0.2, 0) is 16.6 Å². The van der Waals surface area contributed by atoms with Gasteiger partial charge in [0, 0.05) is 12.7 Å². The normalized spacial score (nSPS) is 15.4. The van der Waals surface area contributed by atoms with Gasteiger partial charge < -0.3 is 10.8 Å². The molecule has 1 rings (SSSR count). The molecule has 0 spiro atoms. The maximum atomic E-state index is 12.2. The Kier molecular flexibility index (Phi) is 4.94. The Hall–Kier alpha value is -1.12. The van der Waals surface area contributed by atoms with Gasteiger partial charge in [-0.05, 0) is 19.8 Å². The molecule has 7 nitrogen and oxygen atoms in total. The topological polar surface area (TPSA) is 110 Å². The van der Waals surface area contributed by atoms with Crippen molar-refractivity contribution in [2.75, 3.05) is 12.3 Å². The Bertz CT molecular complexity index is 520. The van der Waals surface area contributed by atoms with Crippen molar-refractivity contribution < 1.29 is 13.5 Å². The molecule has 1 aromatic heterocycles. The highest BCUT2D eigenvalue weighted by Crippen LogP contribution is 2.20. The molecule has 0 aliphatic heterocycles. The summed E-state index contributed by atoms with van der Waals surface area (Å²) in [5.74, 6) is -0.0302. The van der Waals surface area contributed by atoms with Crippen LogP contribution in [0, 0.1) is 0 Å². The van der Waals surface area contributed by atoms with E-state index in [1.165, 1.54) is 10.9 Å². The van der Waals surface area contributed by atoms with Crippen LogP contribution >= 0.6 is 0 Å². The molecule has 1 aromatic rings. The first-order valence-corrected chi connectivity index (χ1v) is 7.74. The first-order valence-electron chi connectivity index (χ1n) is 6.25. The van der Waals surface area contributed by atoms with E-state index < -0.39 is 15.6 Å². The minimum Gasteiger partial charge on any atom is -0.394 e. The number of nitrogens with one attached hydrogen (secondary N) is 1. The smallest absolute Gasteiger partial charge is 0.246 e. The van der Waals surface area contributed by atoms with E-state index in [9.17, 15) is 13.5 Å². The van der Waals surface area contributed by atoms with Crippen molar-refractivity contribution in [2.24, 2.45) is 0 Å². The van der Waals surface area contributed by atoms with Crippen molar-refractivity contribution in [3.05, 3.63) is 6.20 Å². The van der Waals surface area contributed by atoms with Gasteiger partial charge in [0.2, 0.25) is 10.0 Å². The lowest BCUT2D eigenvalue weighted by molar-refractivity contribution is 0.191. The van der Waals surface area contributed by atoms with Gasteiger partial charge in [0.05, 0.1) is 12.1 Å². The minimum atomic E-state index is -3.79. The van der Waals surface area contributed by atoms with Gasteiger partial charge in [0.15, 0.2) is 5.82 Å². The van der Waals surface area contributed by atoms with Crippen LogP contribution in [0.3, 0.4) is 0 Å². The molecular formula is C11H22N4O3S. The first-order chi connectivity index (χ1) is 8.78. The zero-order valence-electron chi connectivity index (χ0n) is 11.5. The van der Waals surface area contributed by atoms with Crippen LogP contribution in [0.5, 0.6) is 0 Å². The highest BCUT2D eigenvalue weighted by atomic mass is 32.2. The van der Waals surface area contributed by atoms with E-state index in [0.29, 0.717) is 13.0 Å². The number of nitrogen functional groups attached to an aromatic ring is 1. The second kappa shape index (κ2) is 5.89. The van der Waals surface area contributed by atoms with E-state index in [1.54, 1.807) is 13.8 Å². The van der Waals surface area contributed by atoms with Gasteiger partial charge in [0.1, 0.15) is 4.90 Å². The summed E-state index contributed by atoms with van der Waals surface area (Å²) < 4.78 is 28.5. The highest BCUT2D eigenvalue weighted by molar-refractivity contribution is 7.89. The van der Waals surface area contributed by atoms with Crippen molar-refractivity contribution in [3.8, 4) is 0 Å². The summed E-state index contributed by atoms with van der Waals surface area (Å²) >= 11 is 0. The molecule has 8 heteroatoms. The first kappa shape index (κ1) is 15.9. The molecule has 1 atom stereocenters. The van der Waals surface area contributed by atoms with E-state index in [-0.39, 0.29) is 17.3 Å². The van der Waals surface area contributed by atoms with Crippen LogP contribution in [0.2, 0.25) is 0 Å². The molecular weight excluding hydrogens is 268 g/mol. The number of nitrogens with zero attached hydrogens (tertiary/aromatic N) is 2. The standard InChI is InChI=1S/C11H22N4O3S/c1-4-6-15-7-9(10(12)13-15)19(17,18)14-11(3,5-2)8-16/h7,14,16H,4-6,8H2,1-3H3,(H2,12,13). The van der Waals surface area contributed by atoms with Gasteiger partial charge in [-0.25, -0.2) is 13.1 Å². The summed E-state index contributed by atoms with van der Waals surface area (Å²) in [5, 5.41) is 13.2. The van der Waals surface area contributed by atoms with Crippen molar-refractivity contribution in [1.29, 1.82) is 0 Å². The van der Waals surface area contributed by atoms with E-state index >= 15 is 0 Å². The molecule has 0 fully saturated rings. The molecule has 0 aliphatic carbocycles. The summed E-state index contributed by atoms with van der Waals surface area (Å²) in [6, 6.07) is 0. The van der Waals surface area contributed by atoms with Crippen LogP contribution < -0.4 is 10.5 Å². The Balaban J connectivity index is 3.07. The Morgan fingerprint density at radius 2 is 2.16 bits per heavy atom. The Morgan fingerprint density at radius 3 is 2.63 bits per heavy atom.